The lowest BCUT2D eigenvalue weighted by Crippen LogP contribution is -2.38. The second-order valence-electron chi connectivity index (χ2n) is 6.94. The van der Waals surface area contributed by atoms with Crippen LogP contribution in [0.15, 0.2) is 42.6 Å². The van der Waals surface area contributed by atoms with Gasteiger partial charge < -0.3 is 10.5 Å². The third-order valence-electron chi connectivity index (χ3n) is 5.21. The molecule has 0 unspecified atom stereocenters. The number of carbonyl (C=O) groups is 1. The minimum atomic E-state index is -0.180. The number of hydrogen-bond acceptors (Lipinski definition) is 5. The van der Waals surface area contributed by atoms with Crippen molar-refractivity contribution in [1.82, 2.24) is 19.5 Å². The minimum Gasteiger partial charge on any atom is -0.496 e. The maximum Gasteiger partial charge on any atom is 0.220 e. The smallest absolute Gasteiger partial charge is 0.220 e. The van der Waals surface area contributed by atoms with Crippen molar-refractivity contribution in [3.05, 3.63) is 48.2 Å². The molecule has 3 heterocycles. The van der Waals surface area contributed by atoms with E-state index in [-0.39, 0.29) is 11.8 Å². The van der Waals surface area contributed by atoms with E-state index in [1.165, 1.54) is 5.56 Å². The van der Waals surface area contributed by atoms with Gasteiger partial charge in [-0.3, -0.25) is 14.1 Å². The van der Waals surface area contributed by atoms with Crippen LogP contribution in [-0.2, 0) is 11.3 Å². The molecule has 0 saturated carbocycles. The second-order valence-corrected chi connectivity index (χ2v) is 6.94. The van der Waals surface area contributed by atoms with E-state index in [0.29, 0.717) is 0 Å². The first-order valence-electron chi connectivity index (χ1n) is 9.14. The predicted octanol–water partition coefficient (Wildman–Crippen LogP) is 2.10. The molecule has 1 aliphatic rings. The molecule has 1 aromatic carbocycles. The molecule has 3 aromatic rings. The van der Waals surface area contributed by atoms with Crippen molar-refractivity contribution in [2.45, 2.75) is 19.4 Å². The molecule has 1 aliphatic heterocycles. The summed E-state index contributed by atoms with van der Waals surface area (Å²) in [4.78, 5) is 13.7. The van der Waals surface area contributed by atoms with Crippen molar-refractivity contribution >= 4 is 11.6 Å². The average molecular weight is 365 g/mol. The summed E-state index contributed by atoms with van der Waals surface area (Å²) in [7, 11) is 1.66. The van der Waals surface area contributed by atoms with E-state index in [2.05, 4.69) is 27.2 Å². The van der Waals surface area contributed by atoms with Crippen LogP contribution in [0, 0.1) is 5.92 Å². The monoisotopic (exact) mass is 365 g/mol. The number of methoxy groups -OCH3 is 1. The number of nitrogens with zero attached hydrogens (tertiary/aromatic N) is 4. The van der Waals surface area contributed by atoms with Gasteiger partial charge in [0.1, 0.15) is 5.75 Å². The quantitative estimate of drug-likeness (QED) is 0.748. The molecule has 1 saturated heterocycles. The number of hydrogen-bond donors (Lipinski definition) is 1. The lowest BCUT2D eigenvalue weighted by atomic mass is 9.96. The minimum absolute atomic E-state index is 0.00929. The van der Waals surface area contributed by atoms with Gasteiger partial charge in [0, 0.05) is 18.7 Å². The van der Waals surface area contributed by atoms with Gasteiger partial charge in [0.05, 0.1) is 12.7 Å². The zero-order chi connectivity index (χ0) is 18.8. The first kappa shape index (κ1) is 17.5. The third-order valence-corrected chi connectivity index (χ3v) is 5.21. The van der Waals surface area contributed by atoms with Gasteiger partial charge in [0.2, 0.25) is 5.91 Å². The van der Waals surface area contributed by atoms with E-state index < -0.39 is 0 Å². The van der Waals surface area contributed by atoms with Crippen molar-refractivity contribution in [2.24, 2.45) is 11.7 Å². The molecule has 0 radical (unpaired) electrons. The molecule has 0 atom stereocenters. The Balaban J connectivity index is 1.59. The third kappa shape index (κ3) is 3.50. The van der Waals surface area contributed by atoms with Gasteiger partial charge in [-0.05, 0) is 55.8 Å². The second kappa shape index (κ2) is 7.36. The van der Waals surface area contributed by atoms with Gasteiger partial charge in [0.15, 0.2) is 11.5 Å². The number of fused-ring (bicyclic) bond motifs is 1. The van der Waals surface area contributed by atoms with Crippen LogP contribution in [-0.4, -0.2) is 45.6 Å². The highest BCUT2D eigenvalue weighted by Crippen LogP contribution is 2.31. The SMILES string of the molecule is COc1ccc(CN2CCC(C(N)=O)CC2)cc1-c1nnc2ccccn12. The molecular formula is C20H23N5O2. The highest BCUT2D eigenvalue weighted by molar-refractivity contribution is 5.76. The van der Waals surface area contributed by atoms with Crippen molar-refractivity contribution in [3.8, 4) is 17.1 Å². The standard InChI is InChI=1S/C20H23N5O2/c1-27-17-6-5-14(13-24-10-7-15(8-11-24)19(21)26)12-16(17)20-23-22-18-4-2-3-9-25(18)20/h2-6,9,12,15H,7-8,10-11,13H2,1H3,(H2,21,26). The van der Waals surface area contributed by atoms with Crippen LogP contribution in [0.2, 0.25) is 0 Å². The Morgan fingerprint density at radius 2 is 2.04 bits per heavy atom. The molecule has 0 spiro atoms. The molecule has 1 fully saturated rings. The first-order valence-corrected chi connectivity index (χ1v) is 9.14. The summed E-state index contributed by atoms with van der Waals surface area (Å²) in [5, 5.41) is 8.60. The van der Waals surface area contributed by atoms with Crippen LogP contribution < -0.4 is 10.5 Å². The number of ether oxygens (including phenoxy) is 1. The lowest BCUT2D eigenvalue weighted by Gasteiger charge is -2.30. The number of primary amides is 1. The molecule has 7 nitrogen and oxygen atoms in total. The fraction of sp³-hybridized carbons (Fsp3) is 0.350. The fourth-order valence-electron chi connectivity index (χ4n) is 3.69. The predicted molar refractivity (Wildman–Crippen MR) is 102 cm³/mol. The molecule has 27 heavy (non-hydrogen) atoms. The van der Waals surface area contributed by atoms with Gasteiger partial charge in [-0.1, -0.05) is 12.1 Å². The van der Waals surface area contributed by atoms with Crippen molar-refractivity contribution in [2.75, 3.05) is 20.2 Å². The van der Waals surface area contributed by atoms with Crippen LogP contribution in [0.4, 0.5) is 0 Å². The number of likely N-dealkylation sites (tertiary alicyclic amines) is 1. The Hall–Kier alpha value is -2.93. The van der Waals surface area contributed by atoms with Gasteiger partial charge >= 0.3 is 0 Å². The van der Waals surface area contributed by atoms with Crippen LogP contribution in [0.5, 0.6) is 5.75 Å². The molecular weight excluding hydrogens is 342 g/mol. The van der Waals surface area contributed by atoms with Crippen LogP contribution >= 0.6 is 0 Å². The molecule has 7 heteroatoms. The summed E-state index contributed by atoms with van der Waals surface area (Å²) in [5.74, 6) is 1.36. The largest absolute Gasteiger partial charge is 0.496 e. The Morgan fingerprint density at radius 3 is 2.78 bits per heavy atom. The van der Waals surface area contributed by atoms with Gasteiger partial charge in [-0.2, -0.15) is 0 Å². The van der Waals surface area contributed by atoms with Crippen molar-refractivity contribution in [3.63, 3.8) is 0 Å². The van der Waals surface area contributed by atoms with Gasteiger partial charge in [-0.25, -0.2) is 0 Å². The zero-order valence-electron chi connectivity index (χ0n) is 15.3. The highest BCUT2D eigenvalue weighted by atomic mass is 16.5. The number of pyridine rings is 1. The number of rotatable bonds is 5. The zero-order valence-corrected chi connectivity index (χ0v) is 15.3. The fourth-order valence-corrected chi connectivity index (χ4v) is 3.69. The van der Waals surface area contributed by atoms with Crippen LogP contribution in [0.25, 0.3) is 17.0 Å². The topological polar surface area (TPSA) is 85.8 Å². The number of amides is 1. The van der Waals surface area contributed by atoms with Crippen LogP contribution in [0.3, 0.4) is 0 Å². The van der Waals surface area contributed by atoms with E-state index in [9.17, 15) is 4.79 Å². The van der Waals surface area contributed by atoms with E-state index in [4.69, 9.17) is 10.5 Å². The number of aromatic nitrogens is 3. The summed E-state index contributed by atoms with van der Waals surface area (Å²) < 4.78 is 7.52. The van der Waals surface area contributed by atoms with E-state index in [1.54, 1.807) is 7.11 Å². The molecule has 2 aromatic heterocycles. The van der Waals surface area contributed by atoms with E-state index in [1.807, 2.05) is 34.9 Å². The summed E-state index contributed by atoms with van der Waals surface area (Å²) >= 11 is 0. The van der Waals surface area contributed by atoms with Crippen molar-refractivity contribution < 1.29 is 9.53 Å². The average Bonchev–Trinajstić information content (AvgIpc) is 3.12. The Labute approximate surface area is 157 Å². The summed E-state index contributed by atoms with van der Waals surface area (Å²) in [5.41, 5.74) is 8.32. The lowest BCUT2D eigenvalue weighted by molar-refractivity contribution is -0.123. The van der Waals surface area contributed by atoms with Crippen molar-refractivity contribution in [1.29, 1.82) is 0 Å². The molecule has 2 N–H and O–H groups in total. The Kier molecular flexibility index (Phi) is 4.77. The summed E-state index contributed by atoms with van der Waals surface area (Å²) in [6.07, 6.45) is 3.60. The summed E-state index contributed by atoms with van der Waals surface area (Å²) in [6, 6.07) is 12.0. The Morgan fingerprint density at radius 1 is 1.22 bits per heavy atom. The van der Waals surface area contributed by atoms with E-state index >= 15 is 0 Å². The number of benzene rings is 1. The van der Waals surface area contributed by atoms with Crippen LogP contribution in [0.1, 0.15) is 18.4 Å². The molecule has 4 rings (SSSR count). The summed E-state index contributed by atoms with van der Waals surface area (Å²) in [6.45, 7) is 2.57. The number of carbonyl (C=O) groups excluding carboxylic acids is 1. The Bertz CT molecular complexity index is 960. The van der Waals surface area contributed by atoms with Gasteiger partial charge in [0.25, 0.3) is 0 Å². The van der Waals surface area contributed by atoms with Gasteiger partial charge in [-0.15, -0.1) is 10.2 Å². The molecule has 0 aliphatic carbocycles. The molecule has 1 amide bonds. The maximum absolute atomic E-state index is 11.3. The van der Waals surface area contributed by atoms with E-state index in [0.717, 1.165) is 55.3 Å². The highest BCUT2D eigenvalue weighted by Gasteiger charge is 2.23. The number of nitrogens with two attached hydrogens (primary N) is 1. The number of piperidine rings is 1. The molecule has 140 valence electrons. The maximum atomic E-state index is 11.3. The normalized spacial score (nSPS) is 15.9. The first-order chi connectivity index (χ1) is 13.2. The molecule has 0 bridgehead atoms.